The molecule has 0 unspecified atom stereocenters. The van der Waals surface area contributed by atoms with E-state index in [1.54, 1.807) is 12.3 Å². The minimum absolute atomic E-state index is 0.591. The van der Waals surface area contributed by atoms with Crippen LogP contribution in [0.3, 0.4) is 0 Å². The minimum atomic E-state index is 0.591. The first-order chi connectivity index (χ1) is 5.43. The smallest absolute Gasteiger partial charge is 0.126 e. The molecule has 0 bridgehead atoms. The Kier molecular flexibility index (Phi) is 2.99. The number of aliphatic hydroxyl groups is 1. The number of nitrogens with zero attached hydrogens (tertiary/aromatic N) is 1. The lowest BCUT2D eigenvalue weighted by atomic mass is 10.4. The van der Waals surface area contributed by atoms with Crippen molar-refractivity contribution in [1.82, 2.24) is 4.98 Å². The minimum Gasteiger partial charge on any atom is -0.516 e. The molecule has 1 aromatic rings. The van der Waals surface area contributed by atoms with Crippen LogP contribution in [-0.2, 0) is 0 Å². The summed E-state index contributed by atoms with van der Waals surface area (Å²) in [4.78, 5) is 4.02. The molecule has 0 fully saturated rings. The molecule has 0 spiro atoms. The summed E-state index contributed by atoms with van der Waals surface area (Å²) < 4.78 is 0. The second kappa shape index (κ2) is 4.33. The Labute approximate surface area is 65.4 Å². The van der Waals surface area contributed by atoms with Gasteiger partial charge in [0.05, 0.1) is 6.26 Å². The van der Waals surface area contributed by atoms with Crippen molar-refractivity contribution in [3.05, 3.63) is 36.7 Å². The van der Waals surface area contributed by atoms with Crippen LogP contribution in [0.4, 0.5) is 5.82 Å². The highest BCUT2D eigenvalue weighted by Gasteiger charge is 1.85. The van der Waals surface area contributed by atoms with Gasteiger partial charge in [0.1, 0.15) is 5.82 Å². The quantitative estimate of drug-likeness (QED) is 0.643. The van der Waals surface area contributed by atoms with Crippen LogP contribution < -0.4 is 5.32 Å². The number of rotatable bonds is 3. The molecule has 0 amide bonds. The van der Waals surface area contributed by atoms with E-state index in [2.05, 4.69) is 10.3 Å². The molecule has 3 heteroatoms. The van der Waals surface area contributed by atoms with Crippen LogP contribution in [0.15, 0.2) is 36.7 Å². The lowest BCUT2D eigenvalue weighted by molar-refractivity contribution is 0.472. The summed E-state index contributed by atoms with van der Waals surface area (Å²) in [7, 11) is 0. The third-order valence-corrected chi connectivity index (χ3v) is 1.17. The fraction of sp³-hybridized carbons (Fsp3) is 0.125. The van der Waals surface area contributed by atoms with Gasteiger partial charge in [0, 0.05) is 12.7 Å². The summed E-state index contributed by atoms with van der Waals surface area (Å²) in [6, 6.07) is 5.62. The molecular formula is C8H10N2O. The maximum Gasteiger partial charge on any atom is 0.126 e. The Morgan fingerprint density at radius 2 is 2.45 bits per heavy atom. The molecule has 3 nitrogen and oxygen atoms in total. The topological polar surface area (TPSA) is 45.1 Å². The van der Waals surface area contributed by atoms with Gasteiger partial charge in [0.2, 0.25) is 0 Å². The van der Waals surface area contributed by atoms with E-state index in [9.17, 15) is 0 Å². The predicted molar refractivity (Wildman–Crippen MR) is 44.5 cm³/mol. The van der Waals surface area contributed by atoms with Crippen molar-refractivity contribution in [2.45, 2.75) is 0 Å². The highest BCUT2D eigenvalue weighted by Crippen LogP contribution is 1.97. The first-order valence-electron chi connectivity index (χ1n) is 3.37. The monoisotopic (exact) mass is 150 g/mol. The van der Waals surface area contributed by atoms with Gasteiger partial charge in [-0.3, -0.25) is 0 Å². The van der Waals surface area contributed by atoms with Crippen molar-refractivity contribution in [2.75, 3.05) is 11.9 Å². The first-order valence-corrected chi connectivity index (χ1v) is 3.37. The van der Waals surface area contributed by atoms with E-state index < -0.39 is 0 Å². The summed E-state index contributed by atoms with van der Waals surface area (Å²) in [6.45, 7) is 0.591. The number of aliphatic hydroxyl groups excluding tert-OH is 1. The molecule has 2 N–H and O–H groups in total. The summed E-state index contributed by atoms with van der Waals surface area (Å²) >= 11 is 0. The maximum absolute atomic E-state index is 8.30. The molecule has 0 aliphatic rings. The van der Waals surface area contributed by atoms with E-state index in [4.69, 9.17) is 5.11 Å². The molecule has 0 saturated heterocycles. The third-order valence-electron chi connectivity index (χ3n) is 1.17. The summed E-state index contributed by atoms with van der Waals surface area (Å²) in [5.41, 5.74) is 0. The number of hydrogen-bond acceptors (Lipinski definition) is 3. The molecule has 0 radical (unpaired) electrons. The molecule has 58 valence electrons. The predicted octanol–water partition coefficient (Wildman–Crippen LogP) is 1.57. The second-order valence-electron chi connectivity index (χ2n) is 1.98. The highest BCUT2D eigenvalue weighted by molar-refractivity contribution is 5.33. The molecule has 0 saturated carbocycles. The zero-order valence-corrected chi connectivity index (χ0v) is 6.07. The van der Waals surface area contributed by atoms with Gasteiger partial charge < -0.3 is 10.4 Å². The SMILES string of the molecule is OC=CCNc1ccccn1. The largest absolute Gasteiger partial charge is 0.516 e. The lowest BCUT2D eigenvalue weighted by Gasteiger charge is -1.98. The number of nitrogens with one attached hydrogen (secondary N) is 1. The molecule has 0 aromatic carbocycles. The number of anilines is 1. The molecular weight excluding hydrogens is 140 g/mol. The zero-order chi connectivity index (χ0) is 7.94. The Morgan fingerprint density at radius 1 is 1.55 bits per heavy atom. The van der Waals surface area contributed by atoms with Gasteiger partial charge in [-0.05, 0) is 18.2 Å². The molecule has 0 aliphatic carbocycles. The molecule has 0 aliphatic heterocycles. The fourth-order valence-electron chi connectivity index (χ4n) is 0.684. The van der Waals surface area contributed by atoms with Crippen molar-refractivity contribution in [3.63, 3.8) is 0 Å². The lowest BCUT2D eigenvalue weighted by Crippen LogP contribution is -1.99. The molecule has 11 heavy (non-hydrogen) atoms. The summed E-state index contributed by atoms with van der Waals surface area (Å²) in [5.74, 6) is 0.811. The Hall–Kier alpha value is -1.51. The summed E-state index contributed by atoms with van der Waals surface area (Å²) in [6.07, 6.45) is 4.33. The second-order valence-corrected chi connectivity index (χ2v) is 1.98. The zero-order valence-electron chi connectivity index (χ0n) is 6.07. The fourth-order valence-corrected chi connectivity index (χ4v) is 0.684. The van der Waals surface area contributed by atoms with Crippen LogP contribution in [0.2, 0.25) is 0 Å². The Bertz CT molecular complexity index is 221. The van der Waals surface area contributed by atoms with Gasteiger partial charge >= 0.3 is 0 Å². The van der Waals surface area contributed by atoms with Gasteiger partial charge in [-0.25, -0.2) is 4.98 Å². The molecule has 1 aromatic heterocycles. The average Bonchev–Trinajstić information content (AvgIpc) is 2.07. The van der Waals surface area contributed by atoms with Gasteiger partial charge in [0.15, 0.2) is 0 Å². The normalized spacial score (nSPS) is 10.2. The van der Waals surface area contributed by atoms with Crippen LogP contribution in [0.5, 0.6) is 0 Å². The van der Waals surface area contributed by atoms with Crippen molar-refractivity contribution >= 4 is 5.82 Å². The first kappa shape index (κ1) is 7.60. The van der Waals surface area contributed by atoms with Crippen LogP contribution in [0, 0.1) is 0 Å². The van der Waals surface area contributed by atoms with Gasteiger partial charge in [-0.1, -0.05) is 6.07 Å². The average molecular weight is 150 g/mol. The number of pyridine rings is 1. The van der Waals surface area contributed by atoms with Crippen molar-refractivity contribution in [2.24, 2.45) is 0 Å². The van der Waals surface area contributed by atoms with Crippen molar-refractivity contribution in [3.8, 4) is 0 Å². The van der Waals surface area contributed by atoms with E-state index in [0.717, 1.165) is 12.1 Å². The number of hydrogen-bond donors (Lipinski definition) is 2. The van der Waals surface area contributed by atoms with E-state index in [1.165, 1.54) is 0 Å². The Morgan fingerprint density at radius 3 is 3.09 bits per heavy atom. The molecule has 1 heterocycles. The third kappa shape index (κ3) is 2.71. The van der Waals surface area contributed by atoms with E-state index >= 15 is 0 Å². The van der Waals surface area contributed by atoms with Crippen molar-refractivity contribution < 1.29 is 5.11 Å². The van der Waals surface area contributed by atoms with E-state index in [-0.39, 0.29) is 0 Å². The highest BCUT2D eigenvalue weighted by atomic mass is 16.2. The van der Waals surface area contributed by atoms with Gasteiger partial charge in [-0.15, -0.1) is 0 Å². The van der Waals surface area contributed by atoms with Gasteiger partial charge in [-0.2, -0.15) is 0 Å². The van der Waals surface area contributed by atoms with Crippen LogP contribution in [-0.4, -0.2) is 16.6 Å². The molecule has 1 rings (SSSR count). The van der Waals surface area contributed by atoms with Crippen LogP contribution >= 0.6 is 0 Å². The van der Waals surface area contributed by atoms with Gasteiger partial charge in [0.25, 0.3) is 0 Å². The Balaban J connectivity index is 2.39. The number of aromatic nitrogens is 1. The van der Waals surface area contributed by atoms with E-state index in [0.29, 0.717) is 6.54 Å². The maximum atomic E-state index is 8.30. The standard InChI is InChI=1S/C8H10N2O/c11-7-3-6-10-8-4-1-2-5-9-8/h1-5,7,11H,6H2,(H,9,10). The van der Waals surface area contributed by atoms with E-state index in [1.807, 2.05) is 18.2 Å². The summed E-state index contributed by atoms with van der Waals surface area (Å²) in [5, 5.41) is 11.3. The van der Waals surface area contributed by atoms with Crippen molar-refractivity contribution in [1.29, 1.82) is 0 Å². The van der Waals surface area contributed by atoms with Crippen LogP contribution in [0.1, 0.15) is 0 Å². The molecule has 0 atom stereocenters. The van der Waals surface area contributed by atoms with Crippen LogP contribution in [0.25, 0.3) is 0 Å².